The van der Waals surface area contributed by atoms with Crippen molar-refractivity contribution >= 4 is 28.5 Å². The van der Waals surface area contributed by atoms with Gasteiger partial charge in [0.1, 0.15) is 0 Å². The largest absolute Gasteiger partial charge is 0.382 e. The van der Waals surface area contributed by atoms with E-state index in [-0.39, 0.29) is 5.91 Å². The summed E-state index contributed by atoms with van der Waals surface area (Å²) in [5, 5.41) is 0. The molecule has 1 aromatic rings. The molecule has 0 saturated carbocycles. The van der Waals surface area contributed by atoms with E-state index < -0.39 is 0 Å². The van der Waals surface area contributed by atoms with Crippen molar-refractivity contribution in [3.05, 3.63) is 33.4 Å². The number of amides is 1. The van der Waals surface area contributed by atoms with Gasteiger partial charge in [-0.15, -0.1) is 0 Å². The quantitative estimate of drug-likeness (QED) is 0.509. The van der Waals surface area contributed by atoms with Crippen molar-refractivity contribution in [2.24, 2.45) is 0 Å². The highest BCUT2D eigenvalue weighted by molar-refractivity contribution is 14.1. The van der Waals surface area contributed by atoms with E-state index in [0.717, 1.165) is 3.57 Å². The maximum Gasteiger partial charge on any atom is 0.275 e. The molecule has 5 heteroatoms. The fourth-order valence-corrected chi connectivity index (χ4v) is 1.57. The summed E-state index contributed by atoms with van der Waals surface area (Å²) in [5.41, 5.74) is 2.96. The SMILES string of the molecule is COCCONC(=O)c1ccccc1I. The van der Waals surface area contributed by atoms with Gasteiger partial charge in [-0.1, -0.05) is 12.1 Å². The molecule has 1 amide bonds. The number of benzene rings is 1. The molecular weight excluding hydrogens is 309 g/mol. The van der Waals surface area contributed by atoms with E-state index in [0.29, 0.717) is 18.8 Å². The predicted octanol–water partition coefficient (Wildman–Crippen LogP) is 1.60. The Bertz CT molecular complexity index is 330. The van der Waals surface area contributed by atoms with E-state index in [1.807, 2.05) is 18.2 Å². The fraction of sp³-hybridized carbons (Fsp3) is 0.300. The molecule has 0 radical (unpaired) electrons. The van der Waals surface area contributed by atoms with Crippen LogP contribution in [-0.2, 0) is 9.57 Å². The minimum Gasteiger partial charge on any atom is -0.382 e. The van der Waals surface area contributed by atoms with Gasteiger partial charge in [-0.2, -0.15) is 0 Å². The van der Waals surface area contributed by atoms with Crippen LogP contribution in [0, 0.1) is 3.57 Å². The number of rotatable bonds is 5. The second kappa shape index (κ2) is 6.76. The highest BCUT2D eigenvalue weighted by atomic mass is 127. The molecule has 0 aliphatic heterocycles. The molecule has 0 atom stereocenters. The first-order chi connectivity index (χ1) is 7.25. The van der Waals surface area contributed by atoms with Gasteiger partial charge < -0.3 is 4.74 Å². The zero-order valence-corrected chi connectivity index (χ0v) is 10.5. The minimum atomic E-state index is -0.240. The van der Waals surface area contributed by atoms with Gasteiger partial charge in [-0.05, 0) is 34.7 Å². The summed E-state index contributed by atoms with van der Waals surface area (Å²) >= 11 is 2.10. The molecule has 0 fully saturated rings. The highest BCUT2D eigenvalue weighted by Gasteiger charge is 2.08. The molecule has 0 heterocycles. The maximum atomic E-state index is 11.5. The normalized spacial score (nSPS) is 10.0. The van der Waals surface area contributed by atoms with Crippen LogP contribution < -0.4 is 5.48 Å². The lowest BCUT2D eigenvalue weighted by Gasteiger charge is -2.06. The summed E-state index contributed by atoms with van der Waals surface area (Å²) in [4.78, 5) is 16.5. The second-order valence-electron chi connectivity index (χ2n) is 2.75. The van der Waals surface area contributed by atoms with Crippen molar-refractivity contribution in [3.8, 4) is 0 Å². The number of carbonyl (C=O) groups is 1. The molecule has 82 valence electrons. The molecule has 1 N–H and O–H groups in total. The minimum absolute atomic E-state index is 0.240. The lowest BCUT2D eigenvalue weighted by atomic mass is 10.2. The van der Waals surface area contributed by atoms with Crippen LogP contribution in [0.5, 0.6) is 0 Å². The zero-order chi connectivity index (χ0) is 11.1. The van der Waals surface area contributed by atoms with Crippen LogP contribution in [0.1, 0.15) is 10.4 Å². The Labute approximate surface area is 102 Å². The lowest BCUT2D eigenvalue weighted by Crippen LogP contribution is -2.26. The van der Waals surface area contributed by atoms with Crippen molar-refractivity contribution in [2.45, 2.75) is 0 Å². The summed E-state index contributed by atoms with van der Waals surface area (Å²) in [6.45, 7) is 0.789. The van der Waals surface area contributed by atoms with Crippen LogP contribution in [0.2, 0.25) is 0 Å². The molecule has 0 aliphatic carbocycles. The molecule has 0 aliphatic rings. The maximum absolute atomic E-state index is 11.5. The average Bonchev–Trinajstić information content (AvgIpc) is 2.25. The van der Waals surface area contributed by atoms with E-state index in [1.165, 1.54) is 0 Å². The topological polar surface area (TPSA) is 47.6 Å². The van der Waals surface area contributed by atoms with E-state index in [2.05, 4.69) is 28.1 Å². The van der Waals surface area contributed by atoms with Gasteiger partial charge in [-0.3, -0.25) is 9.63 Å². The Morgan fingerprint density at radius 1 is 1.40 bits per heavy atom. The van der Waals surface area contributed by atoms with Gasteiger partial charge in [0.2, 0.25) is 0 Å². The van der Waals surface area contributed by atoms with Gasteiger partial charge in [0, 0.05) is 10.7 Å². The van der Waals surface area contributed by atoms with E-state index in [4.69, 9.17) is 9.57 Å². The first kappa shape index (κ1) is 12.4. The molecular formula is C10H12INO3. The summed E-state index contributed by atoms with van der Waals surface area (Å²) in [6, 6.07) is 7.30. The predicted molar refractivity (Wildman–Crippen MR) is 64.5 cm³/mol. The van der Waals surface area contributed by atoms with Crippen molar-refractivity contribution in [1.82, 2.24) is 5.48 Å². The van der Waals surface area contributed by atoms with E-state index >= 15 is 0 Å². The van der Waals surface area contributed by atoms with Gasteiger partial charge in [-0.25, -0.2) is 5.48 Å². The standard InChI is InChI=1S/C10H12INO3/c1-14-6-7-15-12-10(13)8-4-2-3-5-9(8)11/h2-5H,6-7H2,1H3,(H,12,13). The number of halogens is 1. The first-order valence-electron chi connectivity index (χ1n) is 4.41. The monoisotopic (exact) mass is 321 g/mol. The van der Waals surface area contributed by atoms with Crippen LogP contribution in [0.3, 0.4) is 0 Å². The number of hydrogen-bond acceptors (Lipinski definition) is 3. The second-order valence-corrected chi connectivity index (χ2v) is 3.91. The van der Waals surface area contributed by atoms with Crippen LogP contribution in [0.15, 0.2) is 24.3 Å². The Balaban J connectivity index is 2.44. The van der Waals surface area contributed by atoms with Crippen LogP contribution in [0.4, 0.5) is 0 Å². The Morgan fingerprint density at radius 3 is 2.80 bits per heavy atom. The molecule has 0 unspecified atom stereocenters. The molecule has 0 bridgehead atoms. The smallest absolute Gasteiger partial charge is 0.275 e. The third-order valence-corrected chi connectivity index (χ3v) is 2.61. The number of carbonyl (C=O) groups excluding carboxylic acids is 1. The van der Waals surface area contributed by atoms with Crippen molar-refractivity contribution in [1.29, 1.82) is 0 Å². The van der Waals surface area contributed by atoms with Crippen molar-refractivity contribution in [2.75, 3.05) is 20.3 Å². The molecule has 4 nitrogen and oxygen atoms in total. The van der Waals surface area contributed by atoms with Gasteiger partial charge in [0.15, 0.2) is 0 Å². The highest BCUT2D eigenvalue weighted by Crippen LogP contribution is 2.10. The Hall–Kier alpha value is -0.660. The molecule has 1 aromatic carbocycles. The molecule has 0 saturated heterocycles. The van der Waals surface area contributed by atoms with Crippen molar-refractivity contribution in [3.63, 3.8) is 0 Å². The number of hydroxylamine groups is 1. The summed E-state index contributed by atoms with van der Waals surface area (Å²) < 4.78 is 5.67. The molecule has 15 heavy (non-hydrogen) atoms. The Morgan fingerprint density at radius 2 is 2.13 bits per heavy atom. The van der Waals surface area contributed by atoms with E-state index in [1.54, 1.807) is 13.2 Å². The molecule has 1 rings (SSSR count). The summed E-state index contributed by atoms with van der Waals surface area (Å²) in [5.74, 6) is -0.240. The third-order valence-electron chi connectivity index (χ3n) is 1.67. The summed E-state index contributed by atoms with van der Waals surface area (Å²) in [6.07, 6.45) is 0. The number of methoxy groups -OCH3 is 1. The lowest BCUT2D eigenvalue weighted by molar-refractivity contribution is 0.00883. The fourth-order valence-electron chi connectivity index (χ4n) is 0.942. The summed E-state index contributed by atoms with van der Waals surface area (Å²) in [7, 11) is 1.57. The van der Waals surface area contributed by atoms with Gasteiger partial charge >= 0.3 is 0 Å². The van der Waals surface area contributed by atoms with Gasteiger partial charge in [0.05, 0.1) is 18.8 Å². The number of hydrogen-bond donors (Lipinski definition) is 1. The molecule has 0 spiro atoms. The number of nitrogens with one attached hydrogen (secondary N) is 1. The van der Waals surface area contributed by atoms with Crippen molar-refractivity contribution < 1.29 is 14.4 Å². The Kier molecular flexibility index (Phi) is 5.59. The van der Waals surface area contributed by atoms with Crippen LogP contribution >= 0.6 is 22.6 Å². The van der Waals surface area contributed by atoms with Gasteiger partial charge in [0.25, 0.3) is 5.91 Å². The third kappa shape index (κ3) is 4.15. The van der Waals surface area contributed by atoms with Crippen LogP contribution in [0.25, 0.3) is 0 Å². The first-order valence-corrected chi connectivity index (χ1v) is 5.49. The number of ether oxygens (including phenoxy) is 1. The zero-order valence-electron chi connectivity index (χ0n) is 8.33. The van der Waals surface area contributed by atoms with E-state index in [9.17, 15) is 4.79 Å². The van der Waals surface area contributed by atoms with Crippen LogP contribution in [-0.4, -0.2) is 26.2 Å². The average molecular weight is 321 g/mol. The molecule has 0 aromatic heterocycles.